The third-order valence-corrected chi connectivity index (χ3v) is 1.96. The summed E-state index contributed by atoms with van der Waals surface area (Å²) >= 11 is 3.50. The Kier molecular flexibility index (Phi) is 3.66. The maximum Gasteiger partial charge on any atom is 0.115 e. The maximum absolute atomic E-state index is 4.19. The Bertz CT molecular complexity index is 248. The molecule has 1 heterocycles. The van der Waals surface area contributed by atoms with E-state index in [4.69, 9.17) is 0 Å². The average molecular weight is 229 g/mol. The fourth-order valence-corrected chi connectivity index (χ4v) is 1.37. The van der Waals surface area contributed by atoms with Crippen molar-refractivity contribution in [3.8, 4) is 0 Å². The Labute approximate surface area is 81.6 Å². The number of halogens is 1. The van der Waals surface area contributed by atoms with E-state index in [0.29, 0.717) is 4.83 Å². The number of alkyl halides is 1. The molecule has 0 spiro atoms. The third kappa shape index (κ3) is 2.89. The third-order valence-electron chi connectivity index (χ3n) is 1.63. The molecule has 1 rings (SSSR count). The van der Waals surface area contributed by atoms with Gasteiger partial charge in [-0.15, -0.1) is 0 Å². The monoisotopic (exact) mass is 228 g/mol. The predicted octanol–water partition coefficient (Wildman–Crippen LogP) is 2.36. The number of hydrogen-bond acceptors (Lipinski definition) is 2. The molecule has 0 saturated heterocycles. The smallest absolute Gasteiger partial charge is 0.115 e. The molecule has 0 N–H and O–H groups in total. The number of nitrogens with zero attached hydrogens (tertiary/aromatic N) is 2. The van der Waals surface area contributed by atoms with Gasteiger partial charge in [-0.1, -0.05) is 29.8 Å². The summed E-state index contributed by atoms with van der Waals surface area (Å²) < 4.78 is 0. The van der Waals surface area contributed by atoms with Gasteiger partial charge in [0.1, 0.15) is 6.33 Å². The van der Waals surface area contributed by atoms with E-state index in [-0.39, 0.29) is 0 Å². The van der Waals surface area contributed by atoms with Gasteiger partial charge in [0, 0.05) is 22.6 Å². The van der Waals surface area contributed by atoms with Gasteiger partial charge in [-0.2, -0.15) is 0 Å². The van der Waals surface area contributed by atoms with Crippen molar-refractivity contribution in [1.29, 1.82) is 0 Å². The molecule has 66 valence electrons. The van der Waals surface area contributed by atoms with Crippen LogP contribution in [0.2, 0.25) is 0 Å². The first kappa shape index (κ1) is 9.65. The number of aromatic nitrogens is 2. The van der Waals surface area contributed by atoms with Gasteiger partial charge in [0.25, 0.3) is 0 Å². The van der Waals surface area contributed by atoms with Crippen LogP contribution in [0.25, 0.3) is 0 Å². The molecule has 0 bridgehead atoms. The first-order valence-electron chi connectivity index (χ1n) is 4.16. The number of hydrogen-bond donors (Lipinski definition) is 0. The van der Waals surface area contributed by atoms with Gasteiger partial charge >= 0.3 is 0 Å². The predicted molar refractivity (Wildman–Crippen MR) is 53.5 cm³/mol. The lowest BCUT2D eigenvalue weighted by Crippen LogP contribution is -2.01. The first-order valence-corrected chi connectivity index (χ1v) is 5.07. The summed E-state index contributed by atoms with van der Waals surface area (Å²) in [5, 5.41) is 0. The fourth-order valence-electron chi connectivity index (χ4n) is 1.04. The van der Waals surface area contributed by atoms with Crippen molar-refractivity contribution in [2.75, 3.05) is 0 Å². The zero-order valence-corrected chi connectivity index (χ0v) is 9.00. The molecule has 0 aliphatic heterocycles. The summed E-state index contributed by atoms with van der Waals surface area (Å²) in [5.74, 6) is 0. The van der Waals surface area contributed by atoms with Crippen LogP contribution < -0.4 is 0 Å². The lowest BCUT2D eigenvalue weighted by Gasteiger charge is -2.02. The normalized spacial score (nSPS) is 12.9. The zero-order chi connectivity index (χ0) is 8.97. The average Bonchev–Trinajstić information content (AvgIpc) is 2.03. The minimum Gasteiger partial charge on any atom is -0.241 e. The van der Waals surface area contributed by atoms with E-state index >= 15 is 0 Å². The first-order chi connectivity index (χ1) is 5.72. The van der Waals surface area contributed by atoms with Gasteiger partial charge in [0.15, 0.2) is 0 Å². The summed E-state index contributed by atoms with van der Waals surface area (Å²) in [6.45, 7) is 4.22. The second-order valence-electron chi connectivity index (χ2n) is 2.84. The second kappa shape index (κ2) is 4.55. The molecular formula is C9H13BrN2. The molecule has 2 nitrogen and oxygen atoms in total. The fraction of sp³-hybridized carbons (Fsp3) is 0.556. The molecule has 3 heteroatoms. The maximum atomic E-state index is 4.19. The highest BCUT2D eigenvalue weighted by Gasteiger charge is 2.00. The molecule has 0 fully saturated rings. The van der Waals surface area contributed by atoms with Crippen molar-refractivity contribution >= 4 is 15.9 Å². The van der Waals surface area contributed by atoms with Crippen LogP contribution in [0.15, 0.2) is 12.4 Å². The largest absolute Gasteiger partial charge is 0.241 e. The van der Waals surface area contributed by atoms with Crippen molar-refractivity contribution in [2.45, 2.75) is 31.5 Å². The Balaban J connectivity index is 2.72. The molecule has 0 radical (unpaired) electrons. The van der Waals surface area contributed by atoms with Gasteiger partial charge in [0.05, 0.1) is 0 Å². The van der Waals surface area contributed by atoms with Gasteiger partial charge in [-0.05, 0) is 12.5 Å². The Morgan fingerprint density at radius 3 is 2.67 bits per heavy atom. The molecule has 1 aromatic rings. The highest BCUT2D eigenvalue weighted by atomic mass is 79.9. The summed E-state index contributed by atoms with van der Waals surface area (Å²) in [5.41, 5.74) is 2.24. The summed E-state index contributed by atoms with van der Waals surface area (Å²) in [4.78, 5) is 8.81. The van der Waals surface area contributed by atoms with Crippen molar-refractivity contribution in [1.82, 2.24) is 9.97 Å². The molecule has 1 aromatic heterocycles. The quantitative estimate of drug-likeness (QED) is 0.743. The van der Waals surface area contributed by atoms with Crippen LogP contribution in [0, 0.1) is 0 Å². The van der Waals surface area contributed by atoms with Crippen LogP contribution >= 0.6 is 15.9 Å². The zero-order valence-electron chi connectivity index (χ0n) is 7.42. The van der Waals surface area contributed by atoms with E-state index < -0.39 is 0 Å². The minimum atomic E-state index is 0.483. The van der Waals surface area contributed by atoms with E-state index in [1.54, 1.807) is 6.33 Å². The second-order valence-corrected chi connectivity index (χ2v) is 4.40. The van der Waals surface area contributed by atoms with Crippen LogP contribution in [0.4, 0.5) is 0 Å². The van der Waals surface area contributed by atoms with E-state index in [2.05, 4.69) is 45.8 Å². The van der Waals surface area contributed by atoms with Crippen LogP contribution in [0.1, 0.15) is 25.2 Å². The molecule has 0 aliphatic rings. The van der Waals surface area contributed by atoms with E-state index in [1.807, 2.05) is 0 Å². The van der Waals surface area contributed by atoms with Crippen molar-refractivity contribution < 1.29 is 0 Å². The molecule has 12 heavy (non-hydrogen) atoms. The van der Waals surface area contributed by atoms with E-state index in [0.717, 1.165) is 24.2 Å². The van der Waals surface area contributed by atoms with Crippen LogP contribution in [0.5, 0.6) is 0 Å². The SMILES string of the molecule is CCc1cc(CC(C)Br)ncn1. The van der Waals surface area contributed by atoms with Crippen LogP contribution in [-0.2, 0) is 12.8 Å². The summed E-state index contributed by atoms with van der Waals surface area (Å²) in [6.07, 6.45) is 3.59. The Hall–Kier alpha value is -0.440. The minimum absolute atomic E-state index is 0.483. The highest BCUT2D eigenvalue weighted by molar-refractivity contribution is 9.09. The molecule has 1 unspecified atom stereocenters. The lowest BCUT2D eigenvalue weighted by atomic mass is 10.2. The highest BCUT2D eigenvalue weighted by Crippen LogP contribution is 2.07. The van der Waals surface area contributed by atoms with E-state index in [9.17, 15) is 0 Å². The molecule has 0 amide bonds. The van der Waals surface area contributed by atoms with Gasteiger partial charge in [0.2, 0.25) is 0 Å². The molecule has 0 aromatic carbocycles. The van der Waals surface area contributed by atoms with Crippen molar-refractivity contribution in [3.05, 3.63) is 23.8 Å². The number of rotatable bonds is 3. The van der Waals surface area contributed by atoms with E-state index in [1.165, 1.54) is 0 Å². The van der Waals surface area contributed by atoms with Gasteiger partial charge < -0.3 is 0 Å². The molecular weight excluding hydrogens is 216 g/mol. The van der Waals surface area contributed by atoms with Crippen molar-refractivity contribution in [3.63, 3.8) is 0 Å². The topological polar surface area (TPSA) is 25.8 Å². The molecule has 0 saturated carbocycles. The summed E-state index contributed by atoms with van der Waals surface area (Å²) in [7, 11) is 0. The van der Waals surface area contributed by atoms with Crippen LogP contribution in [0.3, 0.4) is 0 Å². The molecule has 0 aliphatic carbocycles. The Morgan fingerprint density at radius 1 is 1.42 bits per heavy atom. The van der Waals surface area contributed by atoms with Crippen molar-refractivity contribution in [2.24, 2.45) is 0 Å². The van der Waals surface area contributed by atoms with Gasteiger partial charge in [-0.25, -0.2) is 9.97 Å². The number of aryl methyl sites for hydroxylation is 1. The standard InChI is InChI=1S/C9H13BrN2/c1-3-8-5-9(4-7(2)10)12-6-11-8/h5-7H,3-4H2,1-2H3. The summed E-state index contributed by atoms with van der Waals surface area (Å²) in [6, 6.07) is 2.07. The lowest BCUT2D eigenvalue weighted by molar-refractivity contribution is 0.878. The van der Waals surface area contributed by atoms with Crippen LogP contribution in [-0.4, -0.2) is 14.8 Å². The Morgan fingerprint density at radius 2 is 2.08 bits per heavy atom. The van der Waals surface area contributed by atoms with Gasteiger partial charge in [-0.3, -0.25) is 0 Å². The molecule has 1 atom stereocenters.